The van der Waals surface area contributed by atoms with E-state index in [1.165, 1.54) is 26.5 Å². The first-order chi connectivity index (χ1) is 9.80. The van der Waals surface area contributed by atoms with E-state index >= 15 is 0 Å². The molecular weight excluding hydrogens is 264 g/mol. The predicted molar refractivity (Wildman–Crippen MR) is 87.4 cm³/mol. The predicted octanol–water partition coefficient (Wildman–Crippen LogP) is 2.82. The smallest absolute Gasteiger partial charge is 0.325 e. The minimum atomic E-state index is -0.573. The Labute approximate surface area is 130 Å². The van der Waals surface area contributed by atoms with E-state index in [2.05, 4.69) is 37.9 Å². The molecule has 0 aromatic carbocycles. The molecule has 4 heteroatoms. The Balaban J connectivity index is 2.52. The number of nitrogens with zero attached hydrogens (tertiary/aromatic N) is 1. The van der Waals surface area contributed by atoms with E-state index in [-0.39, 0.29) is 12.0 Å². The molecule has 1 heterocycles. The van der Waals surface area contributed by atoms with Crippen molar-refractivity contribution in [2.45, 2.75) is 77.9 Å². The number of methoxy groups -OCH3 is 1. The SMILES string of the molecule is COC(=O)C(C)(CCCN1CCCC1C(C)C)NC(C)C. The number of hydrogen-bond donors (Lipinski definition) is 1. The van der Waals surface area contributed by atoms with Gasteiger partial charge in [0, 0.05) is 12.1 Å². The highest BCUT2D eigenvalue weighted by Crippen LogP contribution is 2.25. The summed E-state index contributed by atoms with van der Waals surface area (Å²) in [6, 6.07) is 0.983. The molecule has 21 heavy (non-hydrogen) atoms. The molecule has 0 aromatic rings. The van der Waals surface area contributed by atoms with Crippen LogP contribution in [-0.4, -0.2) is 48.7 Å². The summed E-state index contributed by atoms with van der Waals surface area (Å²) in [7, 11) is 1.47. The molecule has 0 amide bonds. The largest absolute Gasteiger partial charge is 0.468 e. The second-order valence-corrected chi connectivity index (χ2v) is 7.22. The zero-order chi connectivity index (χ0) is 16.0. The molecule has 0 radical (unpaired) electrons. The van der Waals surface area contributed by atoms with Gasteiger partial charge in [0.05, 0.1) is 7.11 Å². The van der Waals surface area contributed by atoms with E-state index in [0.717, 1.165) is 19.4 Å². The maximum atomic E-state index is 12.1. The van der Waals surface area contributed by atoms with Gasteiger partial charge in [-0.3, -0.25) is 10.1 Å². The van der Waals surface area contributed by atoms with Gasteiger partial charge in [-0.2, -0.15) is 0 Å². The molecule has 1 N–H and O–H groups in total. The Morgan fingerprint density at radius 3 is 2.57 bits per heavy atom. The first-order valence-corrected chi connectivity index (χ1v) is 8.40. The van der Waals surface area contributed by atoms with E-state index in [1.807, 2.05) is 6.92 Å². The number of ether oxygens (including phenoxy) is 1. The second kappa shape index (κ2) is 8.14. The summed E-state index contributed by atoms with van der Waals surface area (Å²) in [6.45, 7) is 13.0. The Hall–Kier alpha value is -0.610. The Morgan fingerprint density at radius 1 is 1.38 bits per heavy atom. The van der Waals surface area contributed by atoms with Crippen molar-refractivity contribution in [3.8, 4) is 0 Å². The van der Waals surface area contributed by atoms with Crippen LogP contribution in [0.15, 0.2) is 0 Å². The van der Waals surface area contributed by atoms with Crippen LogP contribution in [0, 0.1) is 5.92 Å². The second-order valence-electron chi connectivity index (χ2n) is 7.22. The Kier molecular flexibility index (Phi) is 7.14. The van der Waals surface area contributed by atoms with Crippen LogP contribution in [0.3, 0.4) is 0 Å². The molecule has 1 fully saturated rings. The van der Waals surface area contributed by atoms with Crippen LogP contribution in [0.25, 0.3) is 0 Å². The third-order valence-corrected chi connectivity index (χ3v) is 4.55. The highest BCUT2D eigenvalue weighted by atomic mass is 16.5. The van der Waals surface area contributed by atoms with Crippen LogP contribution in [0.5, 0.6) is 0 Å². The lowest BCUT2D eigenvalue weighted by Crippen LogP contribution is -2.53. The summed E-state index contributed by atoms with van der Waals surface area (Å²) < 4.78 is 4.98. The molecule has 4 nitrogen and oxygen atoms in total. The normalized spacial score (nSPS) is 22.8. The molecule has 2 atom stereocenters. The standard InChI is InChI=1S/C17H34N2O2/c1-13(2)15-9-7-11-19(15)12-8-10-17(5,16(20)21-6)18-14(3)4/h13-15,18H,7-12H2,1-6H3. The molecule has 0 spiro atoms. The quantitative estimate of drug-likeness (QED) is 0.700. The number of rotatable bonds is 8. The third kappa shape index (κ3) is 5.26. The average Bonchev–Trinajstić information content (AvgIpc) is 2.85. The monoisotopic (exact) mass is 298 g/mol. The fourth-order valence-electron chi connectivity index (χ4n) is 3.62. The fraction of sp³-hybridized carbons (Fsp3) is 0.941. The van der Waals surface area contributed by atoms with Gasteiger partial charge in [-0.25, -0.2) is 0 Å². The van der Waals surface area contributed by atoms with Gasteiger partial charge in [0.15, 0.2) is 0 Å². The van der Waals surface area contributed by atoms with Gasteiger partial charge < -0.3 is 9.64 Å². The van der Waals surface area contributed by atoms with Gasteiger partial charge >= 0.3 is 5.97 Å². The lowest BCUT2D eigenvalue weighted by atomic mass is 9.94. The van der Waals surface area contributed by atoms with Gasteiger partial charge in [-0.1, -0.05) is 13.8 Å². The molecule has 1 aliphatic heterocycles. The van der Waals surface area contributed by atoms with Crippen molar-refractivity contribution < 1.29 is 9.53 Å². The van der Waals surface area contributed by atoms with Crippen molar-refractivity contribution in [1.29, 1.82) is 0 Å². The van der Waals surface area contributed by atoms with Gasteiger partial charge in [0.25, 0.3) is 0 Å². The zero-order valence-electron chi connectivity index (χ0n) is 14.7. The summed E-state index contributed by atoms with van der Waals surface area (Å²) in [6.07, 6.45) is 4.46. The first kappa shape index (κ1) is 18.4. The van der Waals surface area contributed by atoms with Gasteiger partial charge in [-0.15, -0.1) is 0 Å². The molecule has 1 rings (SSSR count). The van der Waals surface area contributed by atoms with E-state index in [1.54, 1.807) is 0 Å². The number of carbonyl (C=O) groups is 1. The lowest BCUT2D eigenvalue weighted by Gasteiger charge is -2.32. The maximum absolute atomic E-state index is 12.1. The molecule has 2 unspecified atom stereocenters. The molecule has 1 aliphatic rings. The van der Waals surface area contributed by atoms with Gasteiger partial charge in [0.2, 0.25) is 0 Å². The first-order valence-electron chi connectivity index (χ1n) is 8.40. The van der Waals surface area contributed by atoms with Crippen molar-refractivity contribution in [3.05, 3.63) is 0 Å². The Morgan fingerprint density at radius 2 is 2.05 bits per heavy atom. The topological polar surface area (TPSA) is 41.6 Å². The van der Waals surface area contributed by atoms with Crippen LogP contribution in [0.1, 0.15) is 60.3 Å². The number of nitrogens with one attached hydrogen (secondary N) is 1. The van der Waals surface area contributed by atoms with E-state index < -0.39 is 5.54 Å². The van der Waals surface area contributed by atoms with Crippen molar-refractivity contribution in [2.75, 3.05) is 20.2 Å². The molecule has 0 bridgehead atoms. The molecule has 0 saturated carbocycles. The van der Waals surface area contributed by atoms with Crippen LogP contribution in [0.4, 0.5) is 0 Å². The average molecular weight is 298 g/mol. The van der Waals surface area contributed by atoms with Gasteiger partial charge in [0.1, 0.15) is 5.54 Å². The summed E-state index contributed by atoms with van der Waals surface area (Å²) in [4.78, 5) is 14.7. The number of esters is 1. The zero-order valence-corrected chi connectivity index (χ0v) is 14.7. The third-order valence-electron chi connectivity index (χ3n) is 4.55. The highest BCUT2D eigenvalue weighted by Gasteiger charge is 2.35. The van der Waals surface area contributed by atoms with Crippen molar-refractivity contribution in [2.24, 2.45) is 5.92 Å². The van der Waals surface area contributed by atoms with E-state index in [0.29, 0.717) is 12.0 Å². The summed E-state index contributed by atoms with van der Waals surface area (Å²) in [5.74, 6) is 0.561. The molecule has 124 valence electrons. The highest BCUT2D eigenvalue weighted by molar-refractivity contribution is 5.80. The summed E-state index contributed by atoms with van der Waals surface area (Å²) in [5.41, 5.74) is -0.573. The minimum Gasteiger partial charge on any atom is -0.468 e. The number of hydrogen-bond acceptors (Lipinski definition) is 4. The lowest BCUT2D eigenvalue weighted by molar-refractivity contribution is -0.148. The van der Waals surface area contributed by atoms with Crippen LogP contribution in [-0.2, 0) is 9.53 Å². The number of likely N-dealkylation sites (tertiary alicyclic amines) is 1. The van der Waals surface area contributed by atoms with Crippen molar-refractivity contribution >= 4 is 5.97 Å². The fourth-order valence-corrected chi connectivity index (χ4v) is 3.62. The van der Waals surface area contributed by atoms with Crippen LogP contribution in [0.2, 0.25) is 0 Å². The number of carbonyl (C=O) groups excluding carboxylic acids is 1. The van der Waals surface area contributed by atoms with Crippen molar-refractivity contribution in [1.82, 2.24) is 10.2 Å². The van der Waals surface area contributed by atoms with Crippen LogP contribution < -0.4 is 5.32 Å². The molecular formula is C17H34N2O2. The summed E-state index contributed by atoms with van der Waals surface area (Å²) >= 11 is 0. The van der Waals surface area contributed by atoms with E-state index in [4.69, 9.17) is 4.74 Å². The molecule has 0 aromatic heterocycles. The van der Waals surface area contributed by atoms with Crippen molar-refractivity contribution in [3.63, 3.8) is 0 Å². The molecule has 1 saturated heterocycles. The van der Waals surface area contributed by atoms with Crippen LogP contribution >= 0.6 is 0 Å². The molecule has 0 aliphatic carbocycles. The minimum absolute atomic E-state index is 0.155. The Bertz CT molecular complexity index is 331. The van der Waals surface area contributed by atoms with Gasteiger partial charge in [-0.05, 0) is 65.5 Å². The van der Waals surface area contributed by atoms with E-state index in [9.17, 15) is 4.79 Å². The maximum Gasteiger partial charge on any atom is 0.325 e. The summed E-state index contributed by atoms with van der Waals surface area (Å²) in [5, 5.41) is 3.37.